The molecule has 0 aromatic heterocycles. The Morgan fingerprint density at radius 1 is 1.58 bits per heavy atom. The second-order valence-electron chi connectivity index (χ2n) is 5.37. The van der Waals surface area contributed by atoms with Crippen molar-refractivity contribution in [2.24, 2.45) is 5.41 Å². The van der Waals surface area contributed by atoms with Crippen molar-refractivity contribution in [2.45, 2.75) is 45.8 Å². The topological polar surface area (TPSA) is 72.6 Å². The molecule has 19 heavy (non-hydrogen) atoms. The first-order chi connectivity index (χ1) is 8.90. The summed E-state index contributed by atoms with van der Waals surface area (Å²) < 4.78 is 5.88. The molecule has 1 fully saturated rings. The molecule has 5 nitrogen and oxygen atoms in total. The van der Waals surface area contributed by atoms with Gasteiger partial charge < -0.3 is 9.84 Å². The maximum absolute atomic E-state index is 10.9. The van der Waals surface area contributed by atoms with Crippen molar-refractivity contribution in [1.29, 1.82) is 0 Å². The van der Waals surface area contributed by atoms with Gasteiger partial charge in [-0.3, -0.25) is 10.1 Å². The molecule has 1 aliphatic rings. The molecular formula is C14H19NO4. The number of ether oxygens (including phenoxy) is 1. The Morgan fingerprint density at radius 2 is 2.26 bits per heavy atom. The van der Waals surface area contributed by atoms with Crippen LogP contribution in [-0.4, -0.2) is 22.2 Å². The molecule has 2 rings (SSSR count). The van der Waals surface area contributed by atoms with Gasteiger partial charge in [0.1, 0.15) is 11.9 Å². The van der Waals surface area contributed by atoms with Gasteiger partial charge in [-0.25, -0.2) is 0 Å². The van der Waals surface area contributed by atoms with Crippen LogP contribution in [0.15, 0.2) is 18.2 Å². The van der Waals surface area contributed by atoms with Crippen LogP contribution in [0.2, 0.25) is 0 Å². The molecular weight excluding hydrogens is 246 g/mol. The molecule has 0 saturated heterocycles. The van der Waals surface area contributed by atoms with Gasteiger partial charge in [-0.15, -0.1) is 0 Å². The second kappa shape index (κ2) is 4.81. The van der Waals surface area contributed by atoms with Crippen molar-refractivity contribution < 1.29 is 14.8 Å². The van der Waals surface area contributed by atoms with Gasteiger partial charge in [-0.2, -0.15) is 0 Å². The third kappa shape index (κ3) is 2.18. The lowest BCUT2D eigenvalue weighted by atomic mass is 9.63. The normalized spacial score (nSPS) is 29.7. The number of aliphatic hydroxyl groups is 1. The van der Waals surface area contributed by atoms with Crippen LogP contribution >= 0.6 is 0 Å². The minimum absolute atomic E-state index is 0.0653. The summed E-state index contributed by atoms with van der Waals surface area (Å²) in [5.74, 6) is 0.533. The molecule has 0 amide bonds. The molecule has 1 N–H and O–H groups in total. The smallest absolute Gasteiger partial charge is 0.276 e. The number of nitro benzene ring substituents is 1. The molecule has 0 heterocycles. The van der Waals surface area contributed by atoms with E-state index in [0.717, 1.165) is 6.42 Å². The van der Waals surface area contributed by atoms with E-state index in [4.69, 9.17) is 4.74 Å². The van der Waals surface area contributed by atoms with Crippen LogP contribution in [-0.2, 0) is 0 Å². The van der Waals surface area contributed by atoms with Crippen LogP contribution in [0.3, 0.4) is 0 Å². The molecule has 0 spiro atoms. The number of aliphatic hydroxyl groups excluding tert-OH is 1. The first-order valence-corrected chi connectivity index (χ1v) is 6.49. The van der Waals surface area contributed by atoms with E-state index in [2.05, 4.69) is 0 Å². The van der Waals surface area contributed by atoms with E-state index in [1.54, 1.807) is 19.1 Å². The fourth-order valence-electron chi connectivity index (χ4n) is 2.52. The van der Waals surface area contributed by atoms with Crippen LogP contribution < -0.4 is 4.74 Å². The van der Waals surface area contributed by atoms with E-state index < -0.39 is 4.92 Å². The molecule has 1 aromatic rings. The summed E-state index contributed by atoms with van der Waals surface area (Å²) in [5.41, 5.74) is 0.333. The van der Waals surface area contributed by atoms with Crippen LogP contribution in [0.1, 0.15) is 32.3 Å². The molecule has 1 aromatic carbocycles. The third-order valence-electron chi connectivity index (χ3n) is 4.42. The molecule has 104 valence electrons. The molecule has 0 bridgehead atoms. The first kappa shape index (κ1) is 13.8. The lowest BCUT2D eigenvalue weighted by molar-refractivity contribution is -0.385. The van der Waals surface area contributed by atoms with Gasteiger partial charge in [-0.05, 0) is 19.4 Å². The number of rotatable bonds is 4. The van der Waals surface area contributed by atoms with Gasteiger partial charge >= 0.3 is 0 Å². The van der Waals surface area contributed by atoms with Crippen molar-refractivity contribution in [3.63, 3.8) is 0 Å². The average molecular weight is 265 g/mol. The zero-order valence-electron chi connectivity index (χ0n) is 11.4. The minimum atomic E-state index is -0.406. The van der Waals surface area contributed by atoms with Crippen molar-refractivity contribution >= 4 is 5.69 Å². The number of nitro groups is 1. The third-order valence-corrected chi connectivity index (χ3v) is 4.42. The Bertz CT molecular complexity index is 502. The zero-order chi connectivity index (χ0) is 14.2. The van der Waals surface area contributed by atoms with E-state index in [-0.39, 0.29) is 23.3 Å². The Balaban J connectivity index is 2.21. The molecule has 1 saturated carbocycles. The Kier molecular flexibility index (Phi) is 3.49. The highest BCUT2D eigenvalue weighted by atomic mass is 16.6. The van der Waals surface area contributed by atoms with Crippen LogP contribution in [0.25, 0.3) is 0 Å². The molecule has 1 aliphatic carbocycles. The van der Waals surface area contributed by atoms with E-state index in [9.17, 15) is 15.2 Å². The summed E-state index contributed by atoms with van der Waals surface area (Å²) in [6, 6.07) is 4.83. The molecule has 3 atom stereocenters. The summed E-state index contributed by atoms with van der Waals surface area (Å²) in [5, 5.41) is 20.7. The Morgan fingerprint density at radius 3 is 2.79 bits per heavy atom. The van der Waals surface area contributed by atoms with E-state index in [0.29, 0.717) is 17.7 Å². The number of hydrogen-bond acceptors (Lipinski definition) is 4. The van der Waals surface area contributed by atoms with Gasteiger partial charge in [-0.1, -0.05) is 19.9 Å². The summed E-state index contributed by atoms with van der Waals surface area (Å²) in [6.45, 7) is 5.68. The monoisotopic (exact) mass is 265 g/mol. The highest BCUT2D eigenvalue weighted by Gasteiger charge is 2.51. The maximum Gasteiger partial charge on any atom is 0.276 e. The molecule has 0 radical (unpaired) electrons. The number of hydrogen-bond donors (Lipinski definition) is 1. The molecule has 3 unspecified atom stereocenters. The standard InChI is InChI=1S/C14H19NO4/c1-4-14(3)12(16)8-13(14)19-11-7-5-6-10(9(11)2)15(17)18/h5-7,12-13,16H,4,8H2,1-3H3. The second-order valence-corrected chi connectivity index (χ2v) is 5.37. The Labute approximate surface area is 112 Å². The Hall–Kier alpha value is -1.62. The van der Waals surface area contributed by atoms with Gasteiger partial charge in [0, 0.05) is 17.9 Å². The average Bonchev–Trinajstić information content (AvgIpc) is 2.39. The summed E-state index contributed by atoms with van der Waals surface area (Å²) in [6.07, 6.45) is 0.939. The minimum Gasteiger partial charge on any atom is -0.489 e. The summed E-state index contributed by atoms with van der Waals surface area (Å²) >= 11 is 0. The lowest BCUT2D eigenvalue weighted by Gasteiger charge is -2.50. The zero-order valence-corrected chi connectivity index (χ0v) is 11.4. The van der Waals surface area contributed by atoms with Crippen LogP contribution in [0.4, 0.5) is 5.69 Å². The lowest BCUT2D eigenvalue weighted by Crippen LogP contribution is -2.57. The van der Waals surface area contributed by atoms with Crippen molar-refractivity contribution in [3.05, 3.63) is 33.9 Å². The van der Waals surface area contributed by atoms with Gasteiger partial charge in [0.15, 0.2) is 0 Å². The quantitative estimate of drug-likeness (QED) is 0.671. The van der Waals surface area contributed by atoms with E-state index in [1.165, 1.54) is 6.07 Å². The fourth-order valence-corrected chi connectivity index (χ4v) is 2.52. The predicted octanol–water partition coefficient (Wildman–Crippen LogP) is 2.83. The highest BCUT2D eigenvalue weighted by Crippen LogP contribution is 2.46. The van der Waals surface area contributed by atoms with Crippen LogP contribution in [0.5, 0.6) is 5.75 Å². The van der Waals surface area contributed by atoms with Crippen LogP contribution in [0, 0.1) is 22.5 Å². The van der Waals surface area contributed by atoms with E-state index in [1.807, 2.05) is 13.8 Å². The highest BCUT2D eigenvalue weighted by molar-refractivity contribution is 5.48. The first-order valence-electron chi connectivity index (χ1n) is 6.49. The van der Waals surface area contributed by atoms with Gasteiger partial charge in [0.2, 0.25) is 0 Å². The number of nitrogens with zero attached hydrogens (tertiary/aromatic N) is 1. The van der Waals surface area contributed by atoms with Crippen molar-refractivity contribution in [3.8, 4) is 5.75 Å². The molecule has 5 heteroatoms. The molecule has 0 aliphatic heterocycles. The van der Waals surface area contributed by atoms with Crippen molar-refractivity contribution in [1.82, 2.24) is 0 Å². The predicted molar refractivity (Wildman–Crippen MR) is 71.3 cm³/mol. The largest absolute Gasteiger partial charge is 0.489 e. The summed E-state index contributed by atoms with van der Waals surface area (Å²) in [4.78, 5) is 10.5. The SMILES string of the molecule is CCC1(C)C(O)CC1Oc1cccc([N+](=O)[O-])c1C. The van der Waals surface area contributed by atoms with Gasteiger partial charge in [0.25, 0.3) is 5.69 Å². The fraction of sp³-hybridized carbons (Fsp3) is 0.571. The van der Waals surface area contributed by atoms with E-state index >= 15 is 0 Å². The number of benzene rings is 1. The summed E-state index contributed by atoms with van der Waals surface area (Å²) in [7, 11) is 0. The maximum atomic E-state index is 10.9. The van der Waals surface area contributed by atoms with Crippen molar-refractivity contribution in [2.75, 3.05) is 0 Å². The van der Waals surface area contributed by atoms with Gasteiger partial charge in [0.05, 0.1) is 16.6 Å².